The summed E-state index contributed by atoms with van der Waals surface area (Å²) in [5.74, 6) is 0.0204. The van der Waals surface area contributed by atoms with Crippen molar-refractivity contribution in [3.05, 3.63) is 23.8 Å². The number of carbonyl (C=O) groups is 2. The van der Waals surface area contributed by atoms with Gasteiger partial charge in [-0.25, -0.2) is 0 Å². The molecule has 51 heavy (non-hydrogen) atoms. The summed E-state index contributed by atoms with van der Waals surface area (Å²) in [5, 5.41) is 0. The first kappa shape index (κ1) is 39.0. The van der Waals surface area contributed by atoms with E-state index in [0.29, 0.717) is 18.4 Å². The molecule has 0 aromatic rings. The Morgan fingerprint density at radius 2 is 1.67 bits per heavy atom. The zero-order valence-electron chi connectivity index (χ0n) is 32.1. The standard InChI is InChI=1S/C40H64N2O9/c1-9-25-11-10-12-33(51-35-16-15-32(42(5)6)22(3)47-35)21(2)37(44)31-19-29-27(30(31)20-34(43)49-25)14-13-24-17-26(18-28(24)29)50-40-39(46-8)38(45-7)36(41)23(4)48-40/h13-14,19,21-30,32-33,35-36,38-40H,9-12,15-18,20,41H2,1-8H3/t21-,22-,23+,24-,25+,26-,27-,28-,29-,30+,32+,33+,35+,36-,38-,39-,40+/m1/s1. The average Bonchev–Trinajstić information content (AvgIpc) is 3.68. The quantitative estimate of drug-likeness (QED) is 0.275. The Morgan fingerprint density at radius 3 is 2.35 bits per heavy atom. The summed E-state index contributed by atoms with van der Waals surface area (Å²) in [6.45, 7) is 8.13. The minimum Gasteiger partial charge on any atom is -0.462 e. The summed E-state index contributed by atoms with van der Waals surface area (Å²) < 4.78 is 43.5. The monoisotopic (exact) mass is 716 g/mol. The molecule has 1 saturated carbocycles. The zero-order chi connectivity index (χ0) is 36.6. The maximum Gasteiger partial charge on any atom is 0.306 e. The molecule has 0 aromatic heterocycles. The second-order valence-electron chi connectivity index (χ2n) is 16.4. The van der Waals surface area contributed by atoms with Crippen molar-refractivity contribution in [2.24, 2.45) is 41.2 Å². The van der Waals surface area contributed by atoms with Crippen molar-refractivity contribution in [3.8, 4) is 0 Å². The highest BCUT2D eigenvalue weighted by Gasteiger charge is 2.52. The second-order valence-corrected chi connectivity index (χ2v) is 16.4. The van der Waals surface area contributed by atoms with Gasteiger partial charge < -0.3 is 43.8 Å². The number of carbonyl (C=O) groups excluding carboxylic acids is 2. The number of methoxy groups -OCH3 is 2. The molecule has 6 rings (SSSR count). The summed E-state index contributed by atoms with van der Waals surface area (Å²) in [6.07, 6.45) is 11.0. The number of esters is 1. The van der Waals surface area contributed by atoms with E-state index in [2.05, 4.69) is 51.1 Å². The van der Waals surface area contributed by atoms with Gasteiger partial charge in [0, 0.05) is 32.1 Å². The van der Waals surface area contributed by atoms with Crippen molar-refractivity contribution in [1.29, 1.82) is 0 Å². The Balaban J connectivity index is 1.21. The van der Waals surface area contributed by atoms with E-state index >= 15 is 0 Å². The summed E-state index contributed by atoms with van der Waals surface area (Å²) in [5.41, 5.74) is 7.15. The second kappa shape index (κ2) is 16.8. The number of nitrogens with two attached hydrogens (primary N) is 1. The summed E-state index contributed by atoms with van der Waals surface area (Å²) in [6, 6.07) is 0.0165. The van der Waals surface area contributed by atoms with E-state index in [1.165, 1.54) is 0 Å². The van der Waals surface area contributed by atoms with Crippen molar-refractivity contribution in [2.75, 3.05) is 28.3 Å². The Hall–Kier alpha value is -1.70. The largest absolute Gasteiger partial charge is 0.462 e. The van der Waals surface area contributed by atoms with Crippen LogP contribution in [0, 0.1) is 35.5 Å². The molecule has 6 aliphatic rings. The van der Waals surface area contributed by atoms with Crippen LogP contribution in [-0.2, 0) is 42.7 Å². The molecule has 288 valence electrons. The smallest absolute Gasteiger partial charge is 0.306 e. The molecule has 0 radical (unpaired) electrons. The number of allylic oxidation sites excluding steroid dienone is 4. The van der Waals surface area contributed by atoms with Crippen LogP contribution >= 0.6 is 0 Å². The molecule has 0 bridgehead atoms. The van der Waals surface area contributed by atoms with Gasteiger partial charge in [0.15, 0.2) is 18.4 Å². The first-order valence-electron chi connectivity index (χ1n) is 19.7. The molecule has 11 nitrogen and oxygen atoms in total. The minimum absolute atomic E-state index is 0.0383. The van der Waals surface area contributed by atoms with E-state index < -0.39 is 12.4 Å². The SMILES string of the molecule is CC[C@H]1CCC[C@H](O[C@H]2CC[C@H](N(C)C)[C@@H](C)O2)[C@@H](C)C(=O)C2=C[C@@H]3[C@@H](C=C[C@@H]4C[C@@H](O[C@@H]5O[C@@H](C)[C@@H](N)[C@@H](OC)[C@H]5OC)C[C@@H]34)[C@@H]2CC(=O)O1. The summed E-state index contributed by atoms with van der Waals surface area (Å²) in [7, 11) is 7.46. The van der Waals surface area contributed by atoms with Crippen LogP contribution in [0.5, 0.6) is 0 Å². The molecule has 17 atom stereocenters. The van der Waals surface area contributed by atoms with Crippen LogP contribution in [0.2, 0.25) is 0 Å². The summed E-state index contributed by atoms with van der Waals surface area (Å²) >= 11 is 0. The van der Waals surface area contributed by atoms with Crippen molar-refractivity contribution in [2.45, 2.75) is 153 Å². The summed E-state index contributed by atoms with van der Waals surface area (Å²) in [4.78, 5) is 30.3. The normalized spacial score (nSPS) is 46.4. The third-order valence-corrected chi connectivity index (χ3v) is 13.1. The van der Waals surface area contributed by atoms with Gasteiger partial charge in [-0.05, 0) is 109 Å². The fourth-order valence-electron chi connectivity index (χ4n) is 10.1. The van der Waals surface area contributed by atoms with Crippen molar-refractivity contribution in [1.82, 2.24) is 4.90 Å². The maximum absolute atomic E-state index is 14.6. The number of hydrogen-bond acceptors (Lipinski definition) is 11. The van der Waals surface area contributed by atoms with Gasteiger partial charge in [-0.2, -0.15) is 0 Å². The highest BCUT2D eigenvalue weighted by molar-refractivity contribution is 5.99. The molecule has 0 aromatic carbocycles. The van der Waals surface area contributed by atoms with Gasteiger partial charge in [-0.1, -0.05) is 32.1 Å². The fourth-order valence-corrected chi connectivity index (χ4v) is 10.1. The number of likely N-dealkylation sites (N-methyl/N-ethyl adjacent to an activating group) is 1. The van der Waals surface area contributed by atoms with Crippen molar-refractivity contribution >= 4 is 11.8 Å². The van der Waals surface area contributed by atoms with E-state index in [4.69, 9.17) is 38.9 Å². The predicted octanol–water partition coefficient (Wildman–Crippen LogP) is 4.80. The number of ketones is 1. The first-order valence-corrected chi connectivity index (χ1v) is 19.7. The minimum atomic E-state index is -0.595. The fraction of sp³-hybridized carbons (Fsp3) is 0.850. The maximum atomic E-state index is 14.6. The molecule has 3 aliphatic carbocycles. The van der Waals surface area contributed by atoms with Gasteiger partial charge in [0.25, 0.3) is 0 Å². The van der Waals surface area contributed by atoms with Crippen LogP contribution in [0.1, 0.15) is 85.5 Å². The van der Waals surface area contributed by atoms with E-state index in [9.17, 15) is 9.59 Å². The van der Waals surface area contributed by atoms with Gasteiger partial charge in [0.05, 0.1) is 36.9 Å². The molecule has 2 N–H and O–H groups in total. The molecule has 0 amide bonds. The average molecular weight is 717 g/mol. The van der Waals surface area contributed by atoms with Crippen LogP contribution in [0.15, 0.2) is 23.8 Å². The molecular weight excluding hydrogens is 652 g/mol. The Morgan fingerprint density at radius 1 is 0.902 bits per heavy atom. The van der Waals surface area contributed by atoms with Gasteiger partial charge in [-0.15, -0.1) is 0 Å². The highest BCUT2D eigenvalue weighted by Crippen LogP contribution is 2.54. The van der Waals surface area contributed by atoms with Crippen molar-refractivity contribution < 1.29 is 42.7 Å². The van der Waals surface area contributed by atoms with Crippen LogP contribution in [0.25, 0.3) is 0 Å². The number of cyclic esters (lactones) is 1. The predicted molar refractivity (Wildman–Crippen MR) is 191 cm³/mol. The molecule has 3 saturated heterocycles. The topological polar surface area (TPSA) is 128 Å². The first-order chi connectivity index (χ1) is 24.4. The molecule has 0 spiro atoms. The number of rotatable bonds is 8. The zero-order valence-corrected chi connectivity index (χ0v) is 32.1. The van der Waals surface area contributed by atoms with Gasteiger partial charge >= 0.3 is 5.97 Å². The number of ether oxygens (including phenoxy) is 7. The number of fused-ring (bicyclic) bond motifs is 5. The Bertz CT molecular complexity index is 1270. The molecule has 3 aliphatic heterocycles. The van der Waals surface area contributed by atoms with Crippen molar-refractivity contribution in [3.63, 3.8) is 0 Å². The third kappa shape index (κ3) is 8.21. The molecular formula is C40H64N2O9. The van der Waals surface area contributed by atoms with Crippen LogP contribution < -0.4 is 5.73 Å². The van der Waals surface area contributed by atoms with Gasteiger partial charge in [0.1, 0.15) is 18.3 Å². The van der Waals surface area contributed by atoms with Crippen LogP contribution in [0.3, 0.4) is 0 Å². The van der Waals surface area contributed by atoms with E-state index in [1.54, 1.807) is 14.2 Å². The lowest BCUT2D eigenvalue weighted by Crippen LogP contribution is -2.62. The number of nitrogens with zero attached hydrogens (tertiary/aromatic N) is 1. The lowest BCUT2D eigenvalue weighted by Gasteiger charge is -2.43. The van der Waals surface area contributed by atoms with E-state index in [1.807, 2.05) is 13.8 Å². The number of Topliss-reactive ketones (excluding diaryl/α,β-unsaturated/α-hetero) is 1. The van der Waals surface area contributed by atoms with Gasteiger partial charge in [0.2, 0.25) is 0 Å². The molecule has 11 heteroatoms. The third-order valence-electron chi connectivity index (χ3n) is 13.1. The lowest BCUT2D eigenvalue weighted by molar-refractivity contribution is -0.290. The molecule has 0 unspecified atom stereocenters. The lowest BCUT2D eigenvalue weighted by atomic mass is 9.70. The molecule has 3 heterocycles. The van der Waals surface area contributed by atoms with Gasteiger partial charge in [-0.3, -0.25) is 9.59 Å². The number of hydrogen-bond donors (Lipinski definition) is 1. The van der Waals surface area contributed by atoms with E-state index in [-0.39, 0.29) is 96.7 Å². The Labute approximate surface area is 305 Å². The van der Waals surface area contributed by atoms with E-state index in [0.717, 1.165) is 50.5 Å². The molecule has 4 fully saturated rings. The highest BCUT2D eigenvalue weighted by atomic mass is 16.7. The van der Waals surface area contributed by atoms with Crippen LogP contribution in [-0.4, -0.2) is 112 Å². The van der Waals surface area contributed by atoms with Crippen LogP contribution in [0.4, 0.5) is 0 Å². The Kier molecular flexibility index (Phi) is 12.8.